The third-order valence-electron chi connectivity index (χ3n) is 5.64. The van der Waals surface area contributed by atoms with E-state index in [1.54, 1.807) is 12.4 Å². The molecule has 4 heterocycles. The van der Waals surface area contributed by atoms with Crippen molar-refractivity contribution in [2.75, 3.05) is 13.1 Å². The van der Waals surface area contributed by atoms with Crippen molar-refractivity contribution < 1.29 is 4.79 Å². The maximum absolute atomic E-state index is 12.9. The number of fused-ring (bicyclic) bond motifs is 1. The molecule has 1 amide bonds. The van der Waals surface area contributed by atoms with Crippen molar-refractivity contribution >= 4 is 16.8 Å². The first-order valence-corrected chi connectivity index (χ1v) is 9.97. The minimum absolute atomic E-state index is 0.0495. The lowest BCUT2D eigenvalue weighted by Gasteiger charge is -2.32. The Labute approximate surface area is 172 Å². The molecule has 0 aliphatic carbocycles. The number of hydrogen-bond acceptors (Lipinski definition) is 5. The number of nitrogens with one attached hydrogen (secondary N) is 1. The Hall–Kier alpha value is -3.75. The topological polar surface area (TPSA) is 102 Å². The zero-order valence-corrected chi connectivity index (χ0v) is 16.3. The fourth-order valence-corrected chi connectivity index (χ4v) is 3.94. The van der Waals surface area contributed by atoms with Gasteiger partial charge < -0.3 is 9.88 Å². The van der Waals surface area contributed by atoms with E-state index in [0.29, 0.717) is 31.0 Å². The summed E-state index contributed by atoms with van der Waals surface area (Å²) in [7, 11) is 0. The highest BCUT2D eigenvalue weighted by Gasteiger charge is 2.24. The molecule has 0 bridgehead atoms. The van der Waals surface area contributed by atoms with Crippen molar-refractivity contribution in [3.63, 3.8) is 0 Å². The highest BCUT2D eigenvalue weighted by Crippen LogP contribution is 2.22. The number of aromatic nitrogens is 6. The lowest BCUT2D eigenvalue weighted by Crippen LogP contribution is -2.40. The van der Waals surface area contributed by atoms with Gasteiger partial charge in [0.25, 0.3) is 11.5 Å². The molecular formula is C21H21N7O2. The van der Waals surface area contributed by atoms with Gasteiger partial charge in [0.15, 0.2) is 5.82 Å². The quantitative estimate of drug-likeness (QED) is 0.560. The lowest BCUT2D eigenvalue weighted by atomic mass is 9.96. The lowest BCUT2D eigenvalue weighted by molar-refractivity contribution is 0.0680. The van der Waals surface area contributed by atoms with Crippen LogP contribution in [0.3, 0.4) is 0 Å². The summed E-state index contributed by atoms with van der Waals surface area (Å²) >= 11 is 0. The smallest absolute Gasteiger partial charge is 0.266 e. The van der Waals surface area contributed by atoms with Crippen molar-refractivity contribution in [2.24, 2.45) is 5.92 Å². The molecule has 9 nitrogen and oxygen atoms in total. The Bertz CT molecular complexity index is 1230. The Morgan fingerprint density at radius 2 is 2.00 bits per heavy atom. The fourth-order valence-electron chi connectivity index (χ4n) is 3.94. The summed E-state index contributed by atoms with van der Waals surface area (Å²) in [6.45, 7) is 1.87. The molecule has 1 saturated heterocycles. The predicted octanol–water partition coefficient (Wildman–Crippen LogP) is 1.86. The summed E-state index contributed by atoms with van der Waals surface area (Å²) in [6.07, 6.45) is 6.51. The van der Waals surface area contributed by atoms with Crippen molar-refractivity contribution in [2.45, 2.75) is 19.4 Å². The maximum atomic E-state index is 12.9. The molecule has 4 aromatic rings. The van der Waals surface area contributed by atoms with Crippen LogP contribution in [-0.4, -0.2) is 53.4 Å². The van der Waals surface area contributed by atoms with E-state index in [2.05, 4.69) is 20.2 Å². The largest absolute Gasteiger partial charge is 0.361 e. The summed E-state index contributed by atoms with van der Waals surface area (Å²) in [5.41, 5.74) is 1.52. The summed E-state index contributed by atoms with van der Waals surface area (Å²) in [6, 6.07) is 10.9. The minimum Gasteiger partial charge on any atom is -0.361 e. The standard InChI is InChI=1S/C21H21N7O2/c29-20-4-3-19(28-14-22-13-24-28)25-27(20)12-15-6-9-26(10-7-15)21(30)17-2-1-16-5-8-23-18(16)11-17/h1-5,8,11,13-15,23H,6-7,9-10,12H2. The number of piperidine rings is 1. The molecule has 0 radical (unpaired) electrons. The van der Waals surface area contributed by atoms with E-state index in [4.69, 9.17) is 0 Å². The number of carbonyl (C=O) groups excluding carboxylic acids is 1. The average Bonchev–Trinajstić information content (AvgIpc) is 3.47. The minimum atomic E-state index is -0.142. The van der Waals surface area contributed by atoms with Gasteiger partial charge in [-0.05, 0) is 48.4 Å². The SMILES string of the molecule is O=C(c1ccc2cc[nH]c2c1)N1CCC(Cn2nc(-n3cncn3)ccc2=O)CC1. The van der Waals surface area contributed by atoms with Crippen LogP contribution >= 0.6 is 0 Å². The molecule has 0 unspecified atom stereocenters. The third-order valence-corrected chi connectivity index (χ3v) is 5.64. The van der Waals surface area contributed by atoms with Gasteiger partial charge in [-0.1, -0.05) is 6.07 Å². The average molecular weight is 403 g/mol. The Morgan fingerprint density at radius 3 is 2.80 bits per heavy atom. The van der Waals surface area contributed by atoms with Crippen molar-refractivity contribution in [1.29, 1.82) is 0 Å². The second-order valence-corrected chi connectivity index (χ2v) is 7.57. The molecule has 1 aliphatic rings. The molecule has 152 valence electrons. The molecule has 0 saturated carbocycles. The molecule has 5 rings (SSSR count). The number of carbonyl (C=O) groups is 1. The number of rotatable bonds is 4. The van der Waals surface area contributed by atoms with Gasteiger partial charge in [-0.25, -0.2) is 14.3 Å². The molecule has 0 spiro atoms. The highest BCUT2D eigenvalue weighted by atomic mass is 16.2. The van der Waals surface area contributed by atoms with Crippen LogP contribution < -0.4 is 5.56 Å². The van der Waals surface area contributed by atoms with E-state index in [-0.39, 0.29) is 17.4 Å². The van der Waals surface area contributed by atoms with E-state index in [9.17, 15) is 9.59 Å². The Morgan fingerprint density at radius 1 is 1.13 bits per heavy atom. The van der Waals surface area contributed by atoms with E-state index >= 15 is 0 Å². The molecule has 0 atom stereocenters. The van der Waals surface area contributed by atoms with Gasteiger partial charge in [0.1, 0.15) is 12.7 Å². The molecular weight excluding hydrogens is 382 g/mol. The normalized spacial score (nSPS) is 15.0. The van der Waals surface area contributed by atoms with Gasteiger partial charge in [-0.15, -0.1) is 5.10 Å². The van der Waals surface area contributed by atoms with E-state index in [0.717, 1.165) is 23.7 Å². The number of benzene rings is 1. The Kier molecular flexibility index (Phi) is 4.62. The van der Waals surface area contributed by atoms with Crippen LogP contribution in [0.4, 0.5) is 0 Å². The summed E-state index contributed by atoms with van der Waals surface area (Å²) < 4.78 is 3.01. The van der Waals surface area contributed by atoms with Gasteiger partial charge in [-0.2, -0.15) is 5.10 Å². The zero-order valence-electron chi connectivity index (χ0n) is 16.3. The molecule has 9 heteroatoms. The van der Waals surface area contributed by atoms with Crippen molar-refractivity contribution in [3.05, 3.63) is 71.2 Å². The zero-order chi connectivity index (χ0) is 20.5. The van der Waals surface area contributed by atoms with Crippen LogP contribution in [-0.2, 0) is 6.54 Å². The number of amides is 1. The van der Waals surface area contributed by atoms with Crippen LogP contribution in [0.25, 0.3) is 16.7 Å². The summed E-state index contributed by atoms with van der Waals surface area (Å²) in [4.78, 5) is 34.1. The third kappa shape index (κ3) is 3.49. The Balaban J connectivity index is 1.24. The molecule has 1 fully saturated rings. The van der Waals surface area contributed by atoms with E-state index in [1.807, 2.05) is 35.4 Å². The van der Waals surface area contributed by atoms with Crippen LogP contribution in [0.5, 0.6) is 0 Å². The fraction of sp³-hybridized carbons (Fsp3) is 0.286. The predicted molar refractivity (Wildman–Crippen MR) is 110 cm³/mol. The second-order valence-electron chi connectivity index (χ2n) is 7.57. The van der Waals surface area contributed by atoms with E-state index in [1.165, 1.54) is 21.8 Å². The van der Waals surface area contributed by atoms with Crippen LogP contribution in [0, 0.1) is 5.92 Å². The van der Waals surface area contributed by atoms with Crippen molar-refractivity contribution in [1.82, 2.24) is 34.4 Å². The molecule has 3 aromatic heterocycles. The molecule has 1 aromatic carbocycles. The number of H-pyrrole nitrogens is 1. The number of likely N-dealkylation sites (tertiary alicyclic amines) is 1. The van der Waals surface area contributed by atoms with Crippen LogP contribution in [0.1, 0.15) is 23.2 Å². The summed E-state index contributed by atoms with van der Waals surface area (Å²) in [5.74, 6) is 0.893. The van der Waals surface area contributed by atoms with Gasteiger partial charge >= 0.3 is 0 Å². The first-order chi connectivity index (χ1) is 14.7. The van der Waals surface area contributed by atoms with E-state index < -0.39 is 0 Å². The van der Waals surface area contributed by atoms with Gasteiger partial charge in [0, 0.05) is 43.0 Å². The first-order valence-electron chi connectivity index (χ1n) is 9.97. The van der Waals surface area contributed by atoms with Gasteiger partial charge in [-0.3, -0.25) is 9.59 Å². The number of aromatic amines is 1. The monoisotopic (exact) mass is 403 g/mol. The highest BCUT2D eigenvalue weighted by molar-refractivity contribution is 5.98. The molecule has 30 heavy (non-hydrogen) atoms. The van der Waals surface area contributed by atoms with Crippen LogP contribution in [0.15, 0.2) is 60.0 Å². The second kappa shape index (κ2) is 7.58. The summed E-state index contributed by atoms with van der Waals surface area (Å²) in [5, 5.41) is 9.57. The number of nitrogens with zero attached hydrogens (tertiary/aromatic N) is 6. The number of hydrogen-bond donors (Lipinski definition) is 1. The van der Waals surface area contributed by atoms with Crippen molar-refractivity contribution in [3.8, 4) is 5.82 Å². The maximum Gasteiger partial charge on any atom is 0.266 e. The first kappa shape index (κ1) is 18.3. The van der Waals surface area contributed by atoms with Gasteiger partial charge in [0.2, 0.25) is 0 Å². The molecule has 1 N–H and O–H groups in total. The van der Waals surface area contributed by atoms with Gasteiger partial charge in [0.05, 0.1) is 0 Å². The van der Waals surface area contributed by atoms with Crippen LogP contribution in [0.2, 0.25) is 0 Å². The molecule has 1 aliphatic heterocycles.